The number of pyridine rings is 1. The van der Waals surface area contributed by atoms with Crippen LogP contribution in [0.2, 0.25) is 0 Å². The Bertz CT molecular complexity index is 579. The van der Waals surface area contributed by atoms with Crippen LogP contribution in [0.5, 0.6) is 0 Å². The number of halogens is 3. The molecule has 2 aliphatic heterocycles. The lowest BCUT2D eigenvalue weighted by Crippen LogP contribution is -2.46. The molecular weight excluding hydrogens is 311 g/mol. The number of nitrogens with zero attached hydrogens (tertiary/aromatic N) is 1. The third-order valence-electron chi connectivity index (χ3n) is 4.23. The van der Waals surface area contributed by atoms with Crippen LogP contribution in [0.3, 0.4) is 0 Å². The number of carbonyl (C=O) groups excluding carboxylic acids is 1. The fraction of sp³-hybridized carbons (Fsp3) is 0.600. The summed E-state index contributed by atoms with van der Waals surface area (Å²) in [4.78, 5) is 15.7. The van der Waals surface area contributed by atoms with E-state index in [4.69, 9.17) is 4.74 Å². The maximum atomic E-state index is 12.6. The molecule has 3 heterocycles. The third kappa shape index (κ3) is 3.93. The first-order valence-electron chi connectivity index (χ1n) is 7.64. The quantitative estimate of drug-likeness (QED) is 0.891. The lowest BCUT2D eigenvalue weighted by atomic mass is 9.96. The summed E-state index contributed by atoms with van der Waals surface area (Å²) >= 11 is 0. The SMILES string of the molecule is O=C(NCCc1cc(C(F)(F)F)ccn1)N[C@@H]1C[C@@H]2CC[C@H]1O2. The van der Waals surface area contributed by atoms with Crippen LogP contribution in [0, 0.1) is 0 Å². The normalized spacial score (nSPS) is 26.3. The predicted molar refractivity (Wildman–Crippen MR) is 75.8 cm³/mol. The summed E-state index contributed by atoms with van der Waals surface area (Å²) in [6, 6.07) is 1.64. The smallest absolute Gasteiger partial charge is 0.373 e. The highest BCUT2D eigenvalue weighted by Gasteiger charge is 2.41. The molecule has 2 aliphatic rings. The summed E-state index contributed by atoms with van der Waals surface area (Å²) in [7, 11) is 0. The van der Waals surface area contributed by atoms with Gasteiger partial charge in [0.25, 0.3) is 0 Å². The van der Waals surface area contributed by atoms with Crippen LogP contribution in [-0.4, -0.2) is 35.8 Å². The van der Waals surface area contributed by atoms with E-state index in [2.05, 4.69) is 15.6 Å². The Morgan fingerprint density at radius 3 is 2.87 bits per heavy atom. The number of ether oxygens (including phenoxy) is 1. The summed E-state index contributed by atoms with van der Waals surface area (Å²) in [6.07, 6.45) is 0.165. The summed E-state index contributed by atoms with van der Waals surface area (Å²) in [5.41, 5.74) is -0.436. The number of amides is 2. The summed E-state index contributed by atoms with van der Waals surface area (Å²) in [6.45, 7) is 0.224. The van der Waals surface area contributed by atoms with E-state index >= 15 is 0 Å². The Labute approximate surface area is 131 Å². The number of alkyl halides is 3. The van der Waals surface area contributed by atoms with Gasteiger partial charge in [-0.2, -0.15) is 13.2 Å². The van der Waals surface area contributed by atoms with Crippen molar-refractivity contribution in [2.45, 2.75) is 50.1 Å². The molecule has 126 valence electrons. The van der Waals surface area contributed by atoms with Crippen LogP contribution < -0.4 is 10.6 Å². The molecule has 1 aromatic heterocycles. The molecule has 2 N–H and O–H groups in total. The average Bonchev–Trinajstić information content (AvgIpc) is 3.09. The zero-order valence-electron chi connectivity index (χ0n) is 12.4. The van der Waals surface area contributed by atoms with E-state index in [0.29, 0.717) is 5.69 Å². The van der Waals surface area contributed by atoms with E-state index in [0.717, 1.165) is 37.6 Å². The predicted octanol–water partition coefficient (Wildman–Crippen LogP) is 2.26. The molecule has 2 amide bonds. The largest absolute Gasteiger partial charge is 0.416 e. The first kappa shape index (κ1) is 16.0. The lowest BCUT2D eigenvalue weighted by molar-refractivity contribution is -0.137. The molecule has 23 heavy (non-hydrogen) atoms. The number of hydrogen-bond acceptors (Lipinski definition) is 3. The van der Waals surface area contributed by atoms with Crippen molar-refractivity contribution in [1.82, 2.24) is 15.6 Å². The minimum Gasteiger partial charge on any atom is -0.373 e. The van der Waals surface area contributed by atoms with E-state index in [1.165, 1.54) is 0 Å². The maximum Gasteiger partial charge on any atom is 0.416 e. The standard InChI is InChI=1S/C15H18F3N3O2/c16-15(17,18)9-3-5-19-10(7-9)4-6-20-14(22)21-12-8-11-1-2-13(12)23-11/h3,5,7,11-13H,1-2,4,6,8H2,(H2,20,21,22)/t11-,12+,13+/m0/s1. The van der Waals surface area contributed by atoms with E-state index in [1.807, 2.05) is 0 Å². The molecule has 2 bridgehead atoms. The summed E-state index contributed by atoms with van der Waals surface area (Å²) in [5.74, 6) is 0. The van der Waals surface area contributed by atoms with Crippen molar-refractivity contribution in [3.63, 3.8) is 0 Å². The van der Waals surface area contributed by atoms with Crippen molar-refractivity contribution in [3.8, 4) is 0 Å². The van der Waals surface area contributed by atoms with E-state index in [1.54, 1.807) is 0 Å². The van der Waals surface area contributed by atoms with Gasteiger partial charge in [-0.3, -0.25) is 4.98 Å². The fourth-order valence-corrected chi connectivity index (χ4v) is 3.10. The molecule has 0 saturated carbocycles. The minimum absolute atomic E-state index is 0.0282. The molecule has 8 heteroatoms. The molecule has 0 radical (unpaired) electrons. The van der Waals surface area contributed by atoms with Gasteiger partial charge in [0.2, 0.25) is 0 Å². The Morgan fingerprint density at radius 1 is 1.39 bits per heavy atom. The first-order chi connectivity index (χ1) is 10.9. The Kier molecular flexibility index (Phi) is 4.43. The van der Waals surface area contributed by atoms with E-state index in [9.17, 15) is 18.0 Å². The third-order valence-corrected chi connectivity index (χ3v) is 4.23. The molecule has 3 atom stereocenters. The van der Waals surface area contributed by atoms with Gasteiger partial charge in [-0.25, -0.2) is 4.79 Å². The van der Waals surface area contributed by atoms with Crippen LogP contribution in [0.15, 0.2) is 18.3 Å². The topological polar surface area (TPSA) is 63.2 Å². The number of fused-ring (bicyclic) bond motifs is 2. The highest BCUT2D eigenvalue weighted by atomic mass is 19.4. The summed E-state index contributed by atoms with van der Waals surface area (Å²) in [5, 5.41) is 5.51. The van der Waals surface area contributed by atoms with Crippen molar-refractivity contribution in [1.29, 1.82) is 0 Å². The number of carbonyl (C=O) groups is 1. The molecule has 2 fully saturated rings. The van der Waals surface area contributed by atoms with Crippen molar-refractivity contribution in [3.05, 3.63) is 29.6 Å². The fourth-order valence-electron chi connectivity index (χ4n) is 3.10. The Morgan fingerprint density at radius 2 is 2.22 bits per heavy atom. The van der Waals surface area contributed by atoms with Crippen LogP contribution in [0.25, 0.3) is 0 Å². The molecule has 3 rings (SSSR count). The van der Waals surface area contributed by atoms with Gasteiger partial charge in [-0.05, 0) is 31.4 Å². The maximum absolute atomic E-state index is 12.6. The van der Waals surface area contributed by atoms with E-state index in [-0.39, 0.29) is 37.2 Å². The second-order valence-corrected chi connectivity index (χ2v) is 5.90. The van der Waals surface area contributed by atoms with Crippen LogP contribution >= 0.6 is 0 Å². The molecule has 1 aromatic rings. The highest BCUT2D eigenvalue weighted by molar-refractivity contribution is 5.74. The summed E-state index contributed by atoms with van der Waals surface area (Å²) < 4.78 is 43.4. The van der Waals surface area contributed by atoms with Gasteiger partial charge < -0.3 is 15.4 Å². The van der Waals surface area contributed by atoms with Crippen LogP contribution in [-0.2, 0) is 17.3 Å². The van der Waals surface area contributed by atoms with Gasteiger partial charge in [-0.15, -0.1) is 0 Å². The van der Waals surface area contributed by atoms with Crippen LogP contribution in [0.1, 0.15) is 30.5 Å². The van der Waals surface area contributed by atoms with Crippen molar-refractivity contribution < 1.29 is 22.7 Å². The number of rotatable bonds is 4. The minimum atomic E-state index is -4.38. The number of aromatic nitrogens is 1. The zero-order valence-corrected chi connectivity index (χ0v) is 12.4. The zero-order chi connectivity index (χ0) is 16.4. The second-order valence-electron chi connectivity index (χ2n) is 5.90. The molecule has 0 aromatic carbocycles. The van der Waals surface area contributed by atoms with Gasteiger partial charge in [0.1, 0.15) is 0 Å². The number of nitrogens with one attached hydrogen (secondary N) is 2. The van der Waals surface area contributed by atoms with Gasteiger partial charge in [-0.1, -0.05) is 0 Å². The molecule has 2 saturated heterocycles. The molecular formula is C15H18F3N3O2. The van der Waals surface area contributed by atoms with Crippen LogP contribution in [0.4, 0.5) is 18.0 Å². The molecule has 0 aliphatic carbocycles. The molecule has 0 unspecified atom stereocenters. The Hall–Kier alpha value is -1.83. The number of urea groups is 1. The first-order valence-corrected chi connectivity index (χ1v) is 7.64. The lowest BCUT2D eigenvalue weighted by Gasteiger charge is -2.20. The highest BCUT2D eigenvalue weighted by Crippen LogP contribution is 2.34. The van der Waals surface area contributed by atoms with Gasteiger partial charge in [0, 0.05) is 24.9 Å². The monoisotopic (exact) mass is 329 g/mol. The average molecular weight is 329 g/mol. The van der Waals surface area contributed by atoms with E-state index < -0.39 is 11.7 Å². The van der Waals surface area contributed by atoms with Gasteiger partial charge in [0.15, 0.2) is 0 Å². The number of hydrogen-bond donors (Lipinski definition) is 2. The molecule has 0 spiro atoms. The van der Waals surface area contributed by atoms with Crippen molar-refractivity contribution >= 4 is 6.03 Å². The van der Waals surface area contributed by atoms with Crippen molar-refractivity contribution in [2.24, 2.45) is 0 Å². The Balaban J connectivity index is 1.43. The molecule has 5 nitrogen and oxygen atoms in total. The van der Waals surface area contributed by atoms with Crippen molar-refractivity contribution in [2.75, 3.05) is 6.54 Å². The second kappa shape index (κ2) is 6.35. The van der Waals surface area contributed by atoms with Gasteiger partial charge in [0.05, 0.1) is 23.8 Å². The van der Waals surface area contributed by atoms with Gasteiger partial charge >= 0.3 is 12.2 Å².